The first-order valence-corrected chi connectivity index (χ1v) is 9.78. The Hall–Kier alpha value is -2.37. The number of hydrogen-bond donors (Lipinski definition) is 1. The van der Waals surface area contributed by atoms with Crippen LogP contribution in [-0.2, 0) is 23.1 Å². The lowest BCUT2D eigenvalue weighted by atomic mass is 10.1. The molecular formula is C20H18ClNO3S. The van der Waals surface area contributed by atoms with Gasteiger partial charge in [0.05, 0.1) is 26.5 Å². The predicted molar refractivity (Wildman–Crippen MR) is 103 cm³/mol. The van der Waals surface area contributed by atoms with Gasteiger partial charge in [0.15, 0.2) is 5.76 Å². The van der Waals surface area contributed by atoms with E-state index in [-0.39, 0.29) is 17.4 Å². The monoisotopic (exact) mass is 387 g/mol. The minimum atomic E-state index is -1.34. The Morgan fingerprint density at radius 1 is 1.08 bits per heavy atom. The van der Waals surface area contributed by atoms with Crippen molar-refractivity contribution in [3.8, 4) is 0 Å². The van der Waals surface area contributed by atoms with E-state index in [4.69, 9.17) is 16.0 Å². The number of carbonyl (C=O) groups excluding carboxylic acids is 1. The lowest BCUT2D eigenvalue weighted by molar-refractivity contribution is 0.0921. The zero-order valence-electron chi connectivity index (χ0n) is 14.2. The second-order valence-electron chi connectivity index (χ2n) is 5.85. The Kier molecular flexibility index (Phi) is 5.91. The predicted octanol–water partition coefficient (Wildman–Crippen LogP) is 4.48. The van der Waals surface area contributed by atoms with Crippen LogP contribution < -0.4 is 5.32 Å². The third-order valence-electron chi connectivity index (χ3n) is 3.81. The molecule has 1 heterocycles. The van der Waals surface area contributed by atoms with Crippen molar-refractivity contribution < 1.29 is 13.4 Å². The molecule has 0 saturated heterocycles. The van der Waals surface area contributed by atoms with Crippen LogP contribution in [0.4, 0.5) is 0 Å². The fourth-order valence-electron chi connectivity index (χ4n) is 2.39. The van der Waals surface area contributed by atoms with Gasteiger partial charge in [-0.05, 0) is 36.8 Å². The van der Waals surface area contributed by atoms with Crippen LogP contribution in [0.2, 0.25) is 5.02 Å². The molecule has 1 amide bonds. The molecule has 3 aromatic rings. The van der Waals surface area contributed by atoms with Gasteiger partial charge in [0.2, 0.25) is 0 Å². The zero-order valence-corrected chi connectivity index (χ0v) is 15.8. The highest BCUT2D eigenvalue weighted by molar-refractivity contribution is 7.84. The Labute approximate surface area is 159 Å². The molecule has 0 spiro atoms. The number of rotatable bonds is 6. The smallest absolute Gasteiger partial charge is 0.287 e. The number of hydrogen-bond acceptors (Lipinski definition) is 3. The highest BCUT2D eigenvalue weighted by Gasteiger charge is 2.15. The number of nitrogens with one attached hydrogen (secondary N) is 1. The van der Waals surface area contributed by atoms with Crippen molar-refractivity contribution in [3.05, 3.63) is 88.3 Å². The summed E-state index contributed by atoms with van der Waals surface area (Å²) in [5.74, 6) is 0.530. The summed E-state index contributed by atoms with van der Waals surface area (Å²) in [6.45, 7) is 2.43. The van der Waals surface area contributed by atoms with Crippen molar-refractivity contribution >= 4 is 28.3 Å². The Bertz CT molecular complexity index is 934. The number of amides is 1. The van der Waals surface area contributed by atoms with Gasteiger partial charge in [-0.25, -0.2) is 0 Å². The summed E-state index contributed by atoms with van der Waals surface area (Å²) < 4.78 is 18.0. The molecule has 134 valence electrons. The summed E-state index contributed by atoms with van der Waals surface area (Å²) in [5, 5.41) is 3.26. The summed E-state index contributed by atoms with van der Waals surface area (Å²) in [6, 6.07) is 18.2. The number of carbonyl (C=O) groups is 1. The van der Waals surface area contributed by atoms with E-state index in [0.29, 0.717) is 22.2 Å². The van der Waals surface area contributed by atoms with Crippen molar-refractivity contribution in [3.63, 3.8) is 0 Å². The summed E-state index contributed by atoms with van der Waals surface area (Å²) in [6.07, 6.45) is 0. The largest absolute Gasteiger partial charge is 0.455 e. The van der Waals surface area contributed by atoms with E-state index < -0.39 is 10.8 Å². The summed E-state index contributed by atoms with van der Waals surface area (Å²) in [4.78, 5) is 12.8. The van der Waals surface area contributed by atoms with Crippen molar-refractivity contribution in [1.82, 2.24) is 5.32 Å². The fourth-order valence-corrected chi connectivity index (χ4v) is 3.87. The highest BCUT2D eigenvalue weighted by Crippen LogP contribution is 2.22. The average molecular weight is 388 g/mol. The zero-order chi connectivity index (χ0) is 18.5. The lowest BCUT2D eigenvalue weighted by Gasteiger charge is -2.04. The van der Waals surface area contributed by atoms with Crippen LogP contribution in [0.3, 0.4) is 0 Å². The van der Waals surface area contributed by atoms with Gasteiger partial charge in [-0.1, -0.05) is 53.6 Å². The molecule has 0 aliphatic rings. The fraction of sp³-hybridized carbons (Fsp3) is 0.150. The van der Waals surface area contributed by atoms with Gasteiger partial charge in [0.1, 0.15) is 5.76 Å². The molecule has 0 bridgehead atoms. The maximum Gasteiger partial charge on any atom is 0.287 e. The van der Waals surface area contributed by atoms with Gasteiger partial charge in [0, 0.05) is 6.54 Å². The molecule has 26 heavy (non-hydrogen) atoms. The van der Waals surface area contributed by atoms with Crippen molar-refractivity contribution in [1.29, 1.82) is 0 Å². The molecule has 0 unspecified atom stereocenters. The molecule has 1 N–H and O–H groups in total. The summed E-state index contributed by atoms with van der Waals surface area (Å²) in [7, 11) is -1.34. The second kappa shape index (κ2) is 8.34. The summed E-state index contributed by atoms with van der Waals surface area (Å²) >= 11 is 6.06. The molecule has 1 aromatic heterocycles. The highest BCUT2D eigenvalue weighted by atomic mass is 35.5. The molecule has 6 heteroatoms. The molecule has 0 fully saturated rings. The van der Waals surface area contributed by atoms with Crippen molar-refractivity contribution in [2.24, 2.45) is 0 Å². The van der Waals surface area contributed by atoms with Crippen LogP contribution in [0.25, 0.3) is 0 Å². The maximum atomic E-state index is 12.4. The van der Waals surface area contributed by atoms with E-state index in [2.05, 4.69) is 5.32 Å². The van der Waals surface area contributed by atoms with Gasteiger partial charge in [-0.2, -0.15) is 0 Å². The van der Waals surface area contributed by atoms with Crippen LogP contribution in [0.1, 0.15) is 27.4 Å². The molecule has 0 radical (unpaired) electrons. The molecule has 4 nitrogen and oxygen atoms in total. The van der Waals surface area contributed by atoms with Crippen LogP contribution in [-0.4, -0.2) is 10.1 Å². The molecule has 0 aliphatic carbocycles. The molecule has 1 atom stereocenters. The van der Waals surface area contributed by atoms with Crippen LogP contribution in [0.5, 0.6) is 0 Å². The number of benzene rings is 2. The topological polar surface area (TPSA) is 59.3 Å². The van der Waals surface area contributed by atoms with Gasteiger partial charge in [0.25, 0.3) is 5.91 Å². The minimum Gasteiger partial charge on any atom is -0.455 e. The normalized spacial score (nSPS) is 11.9. The second-order valence-corrected chi connectivity index (χ2v) is 7.68. The number of furan rings is 1. The first-order valence-electron chi connectivity index (χ1n) is 8.08. The van der Waals surface area contributed by atoms with Crippen LogP contribution in [0, 0.1) is 6.92 Å². The Morgan fingerprint density at radius 2 is 1.81 bits per heavy atom. The number of halogens is 1. The van der Waals surface area contributed by atoms with E-state index >= 15 is 0 Å². The van der Waals surface area contributed by atoms with E-state index in [1.54, 1.807) is 36.4 Å². The lowest BCUT2D eigenvalue weighted by Crippen LogP contribution is -2.22. The standard InChI is InChI=1S/C20H18ClNO3S/c1-14-6-8-15(9-7-14)12-22-20(23)18-11-10-16(25-18)13-26(24)19-5-3-2-4-17(19)21/h2-11H,12-13H2,1H3,(H,22,23)/t26-/m1/s1. The third kappa shape index (κ3) is 4.62. The first kappa shape index (κ1) is 18.4. The van der Waals surface area contributed by atoms with Gasteiger partial charge >= 0.3 is 0 Å². The number of aryl methyl sites for hydroxylation is 1. The SMILES string of the molecule is Cc1ccc(CNC(=O)c2ccc(C[S@@](=O)c3ccccc3Cl)o2)cc1. The van der Waals surface area contributed by atoms with Gasteiger partial charge in [-0.3, -0.25) is 9.00 Å². The van der Waals surface area contributed by atoms with E-state index in [1.165, 1.54) is 5.56 Å². The van der Waals surface area contributed by atoms with E-state index in [1.807, 2.05) is 31.2 Å². The average Bonchev–Trinajstić information content (AvgIpc) is 3.10. The van der Waals surface area contributed by atoms with Crippen LogP contribution in [0.15, 0.2) is 70.0 Å². The van der Waals surface area contributed by atoms with Gasteiger partial charge < -0.3 is 9.73 Å². The molecular weight excluding hydrogens is 370 g/mol. The van der Waals surface area contributed by atoms with Gasteiger partial charge in [-0.15, -0.1) is 0 Å². The van der Waals surface area contributed by atoms with Crippen molar-refractivity contribution in [2.75, 3.05) is 0 Å². The molecule has 2 aromatic carbocycles. The molecule has 0 saturated carbocycles. The molecule has 3 rings (SSSR count). The van der Waals surface area contributed by atoms with E-state index in [0.717, 1.165) is 5.56 Å². The maximum absolute atomic E-state index is 12.4. The quantitative estimate of drug-likeness (QED) is 0.678. The summed E-state index contributed by atoms with van der Waals surface area (Å²) in [5.41, 5.74) is 2.18. The Balaban J connectivity index is 1.60. The minimum absolute atomic E-state index is 0.162. The van der Waals surface area contributed by atoms with Crippen molar-refractivity contribution in [2.45, 2.75) is 24.1 Å². The third-order valence-corrected chi connectivity index (χ3v) is 5.65. The van der Waals surface area contributed by atoms with Crippen LogP contribution >= 0.6 is 11.6 Å². The Morgan fingerprint density at radius 3 is 2.54 bits per heavy atom. The first-order chi connectivity index (χ1) is 12.5. The van der Waals surface area contributed by atoms with E-state index in [9.17, 15) is 9.00 Å². The molecule has 0 aliphatic heterocycles.